The van der Waals surface area contributed by atoms with Gasteiger partial charge < -0.3 is 15.0 Å². The second-order valence-electron chi connectivity index (χ2n) is 5.82. The standard InChI is InChI=1S/C17H22N2O2S/c1-3-12-15(18-17(21)11(2)16(12)20)13-7-8-14(22-13)19-9-5-4-6-10-19/h7-8H,3-6,9-10H2,1-2H3,(H2,18,20,21). The SMILES string of the molecule is CCc1c(-c2ccc(N3CCCCC3)s2)[nH]c(=O)c(C)c1O. The first-order chi connectivity index (χ1) is 10.6. The van der Waals surface area contributed by atoms with Crippen molar-refractivity contribution in [3.8, 4) is 16.3 Å². The number of pyridine rings is 1. The van der Waals surface area contributed by atoms with Crippen LogP contribution in [0.25, 0.3) is 10.6 Å². The van der Waals surface area contributed by atoms with Gasteiger partial charge >= 0.3 is 0 Å². The largest absolute Gasteiger partial charge is 0.507 e. The summed E-state index contributed by atoms with van der Waals surface area (Å²) in [6, 6.07) is 4.17. The Morgan fingerprint density at radius 3 is 2.68 bits per heavy atom. The maximum absolute atomic E-state index is 12.0. The number of nitrogens with one attached hydrogen (secondary N) is 1. The summed E-state index contributed by atoms with van der Waals surface area (Å²) in [5, 5.41) is 11.5. The molecule has 5 heteroatoms. The summed E-state index contributed by atoms with van der Waals surface area (Å²) >= 11 is 1.69. The van der Waals surface area contributed by atoms with Gasteiger partial charge in [-0.15, -0.1) is 11.3 Å². The minimum atomic E-state index is -0.211. The van der Waals surface area contributed by atoms with Crippen LogP contribution in [0.4, 0.5) is 5.00 Å². The van der Waals surface area contributed by atoms with Crippen LogP contribution in [-0.4, -0.2) is 23.2 Å². The third kappa shape index (κ3) is 2.65. The van der Waals surface area contributed by atoms with Crippen molar-refractivity contribution in [2.45, 2.75) is 39.5 Å². The van der Waals surface area contributed by atoms with Crippen molar-refractivity contribution in [2.24, 2.45) is 0 Å². The molecule has 1 saturated heterocycles. The van der Waals surface area contributed by atoms with Crippen molar-refractivity contribution in [3.05, 3.63) is 33.6 Å². The molecular formula is C17H22N2O2S. The third-order valence-corrected chi connectivity index (χ3v) is 5.54. The number of nitrogens with zero attached hydrogens (tertiary/aromatic N) is 1. The van der Waals surface area contributed by atoms with Crippen LogP contribution in [0.1, 0.15) is 37.3 Å². The number of piperidine rings is 1. The van der Waals surface area contributed by atoms with Crippen LogP contribution >= 0.6 is 11.3 Å². The molecule has 0 atom stereocenters. The quantitative estimate of drug-likeness (QED) is 0.908. The van der Waals surface area contributed by atoms with Gasteiger partial charge in [0, 0.05) is 18.7 Å². The number of thiophene rings is 1. The van der Waals surface area contributed by atoms with Crippen LogP contribution in [0.2, 0.25) is 0 Å². The number of anilines is 1. The maximum atomic E-state index is 12.0. The summed E-state index contributed by atoms with van der Waals surface area (Å²) in [6.07, 6.45) is 4.49. The third-order valence-electron chi connectivity index (χ3n) is 4.38. The van der Waals surface area contributed by atoms with Crippen LogP contribution < -0.4 is 10.5 Å². The Morgan fingerprint density at radius 2 is 2.00 bits per heavy atom. The fourth-order valence-electron chi connectivity index (χ4n) is 3.04. The van der Waals surface area contributed by atoms with Crippen molar-refractivity contribution in [3.63, 3.8) is 0 Å². The molecule has 0 saturated carbocycles. The minimum Gasteiger partial charge on any atom is -0.507 e. The highest BCUT2D eigenvalue weighted by atomic mass is 32.1. The molecule has 3 rings (SSSR count). The van der Waals surface area contributed by atoms with Crippen LogP contribution in [0.15, 0.2) is 16.9 Å². The van der Waals surface area contributed by atoms with Gasteiger partial charge in [-0.25, -0.2) is 0 Å². The molecule has 0 unspecified atom stereocenters. The van der Waals surface area contributed by atoms with E-state index in [0.29, 0.717) is 12.0 Å². The maximum Gasteiger partial charge on any atom is 0.255 e. The predicted octanol–water partition coefficient (Wildman–Crippen LogP) is 3.67. The molecule has 2 N–H and O–H groups in total. The van der Waals surface area contributed by atoms with E-state index in [2.05, 4.69) is 16.0 Å². The molecule has 0 amide bonds. The molecule has 4 nitrogen and oxygen atoms in total. The van der Waals surface area contributed by atoms with Crippen LogP contribution in [-0.2, 0) is 6.42 Å². The lowest BCUT2D eigenvalue weighted by Crippen LogP contribution is -2.28. The molecule has 3 heterocycles. The molecule has 118 valence electrons. The van der Waals surface area contributed by atoms with Crippen molar-refractivity contribution in [1.82, 2.24) is 4.98 Å². The number of aromatic amines is 1. The number of aromatic nitrogens is 1. The highest BCUT2D eigenvalue weighted by Crippen LogP contribution is 2.37. The second kappa shape index (κ2) is 6.16. The van der Waals surface area contributed by atoms with E-state index in [1.807, 2.05) is 13.0 Å². The van der Waals surface area contributed by atoms with E-state index in [0.717, 1.165) is 29.2 Å². The van der Waals surface area contributed by atoms with E-state index in [1.165, 1.54) is 24.3 Å². The molecule has 22 heavy (non-hydrogen) atoms. The van der Waals surface area contributed by atoms with Gasteiger partial charge in [0.15, 0.2) is 0 Å². The van der Waals surface area contributed by atoms with Crippen molar-refractivity contribution < 1.29 is 5.11 Å². The summed E-state index contributed by atoms with van der Waals surface area (Å²) in [6.45, 7) is 5.87. The van der Waals surface area contributed by atoms with E-state index in [4.69, 9.17) is 0 Å². The first-order valence-electron chi connectivity index (χ1n) is 7.91. The molecule has 2 aromatic heterocycles. The van der Waals surface area contributed by atoms with Gasteiger partial charge in [0.1, 0.15) is 5.75 Å². The molecule has 2 aromatic rings. The summed E-state index contributed by atoms with van der Waals surface area (Å²) in [5.41, 5.74) is 1.78. The number of rotatable bonds is 3. The number of H-pyrrole nitrogens is 1. The van der Waals surface area contributed by atoms with Gasteiger partial charge in [-0.2, -0.15) is 0 Å². The van der Waals surface area contributed by atoms with Gasteiger partial charge in [-0.3, -0.25) is 4.79 Å². The Bertz CT molecular complexity index is 727. The highest BCUT2D eigenvalue weighted by molar-refractivity contribution is 7.19. The lowest BCUT2D eigenvalue weighted by molar-refractivity contribution is 0.463. The van der Waals surface area contributed by atoms with Gasteiger partial charge in [-0.05, 0) is 44.7 Å². The molecule has 0 bridgehead atoms. The Balaban J connectivity index is 2.01. The monoisotopic (exact) mass is 318 g/mol. The molecule has 0 spiro atoms. The normalized spacial score (nSPS) is 15.3. The first-order valence-corrected chi connectivity index (χ1v) is 8.73. The zero-order valence-corrected chi connectivity index (χ0v) is 13.9. The highest BCUT2D eigenvalue weighted by Gasteiger charge is 2.18. The summed E-state index contributed by atoms with van der Waals surface area (Å²) in [7, 11) is 0. The van der Waals surface area contributed by atoms with E-state index in [1.54, 1.807) is 18.3 Å². The van der Waals surface area contributed by atoms with Gasteiger partial charge in [0.05, 0.1) is 21.1 Å². The van der Waals surface area contributed by atoms with Crippen molar-refractivity contribution in [2.75, 3.05) is 18.0 Å². The average molecular weight is 318 g/mol. The van der Waals surface area contributed by atoms with Crippen LogP contribution in [0.5, 0.6) is 5.75 Å². The number of hydrogen-bond donors (Lipinski definition) is 2. The number of aromatic hydroxyl groups is 1. The summed E-state index contributed by atoms with van der Waals surface area (Å²) in [5.74, 6) is 0.133. The predicted molar refractivity (Wildman–Crippen MR) is 92.2 cm³/mol. The zero-order chi connectivity index (χ0) is 15.7. The molecule has 1 fully saturated rings. The molecular weight excluding hydrogens is 296 g/mol. The first kappa shape index (κ1) is 15.2. The van der Waals surface area contributed by atoms with Gasteiger partial charge in [-0.1, -0.05) is 6.92 Å². The average Bonchev–Trinajstić information content (AvgIpc) is 3.03. The van der Waals surface area contributed by atoms with E-state index in [-0.39, 0.29) is 11.3 Å². The second-order valence-corrected chi connectivity index (χ2v) is 6.88. The summed E-state index contributed by atoms with van der Waals surface area (Å²) in [4.78, 5) is 18.4. The van der Waals surface area contributed by atoms with E-state index < -0.39 is 0 Å². The zero-order valence-electron chi connectivity index (χ0n) is 13.1. The Hall–Kier alpha value is -1.75. The van der Waals surface area contributed by atoms with E-state index in [9.17, 15) is 9.90 Å². The lowest BCUT2D eigenvalue weighted by Gasteiger charge is -2.27. The lowest BCUT2D eigenvalue weighted by atomic mass is 10.1. The smallest absolute Gasteiger partial charge is 0.255 e. The van der Waals surface area contributed by atoms with Gasteiger partial charge in [0.25, 0.3) is 5.56 Å². The Morgan fingerprint density at radius 1 is 1.27 bits per heavy atom. The topological polar surface area (TPSA) is 56.3 Å². The molecule has 1 aliphatic heterocycles. The minimum absolute atomic E-state index is 0.133. The van der Waals surface area contributed by atoms with Crippen molar-refractivity contribution in [1.29, 1.82) is 0 Å². The van der Waals surface area contributed by atoms with Gasteiger partial charge in [0.2, 0.25) is 0 Å². The Kier molecular flexibility index (Phi) is 4.25. The molecule has 0 aliphatic carbocycles. The van der Waals surface area contributed by atoms with E-state index >= 15 is 0 Å². The van der Waals surface area contributed by atoms with Crippen LogP contribution in [0.3, 0.4) is 0 Å². The Labute approximate surface area is 134 Å². The number of hydrogen-bond acceptors (Lipinski definition) is 4. The fourth-order valence-corrected chi connectivity index (χ4v) is 4.12. The molecule has 0 radical (unpaired) electrons. The molecule has 0 aromatic carbocycles. The van der Waals surface area contributed by atoms with Crippen molar-refractivity contribution >= 4 is 16.3 Å². The fraction of sp³-hybridized carbons (Fsp3) is 0.471. The van der Waals surface area contributed by atoms with Crippen LogP contribution in [0, 0.1) is 6.92 Å². The summed E-state index contributed by atoms with van der Waals surface area (Å²) < 4.78 is 0. The molecule has 1 aliphatic rings.